The first-order valence-corrected chi connectivity index (χ1v) is 7.12. The largest absolute Gasteiger partial charge is 0.378 e. The molecule has 3 rings (SSSR count). The molecular weight excluding hydrogens is 258 g/mol. The third-order valence-corrected chi connectivity index (χ3v) is 3.81. The van der Waals surface area contributed by atoms with Crippen LogP contribution in [0.1, 0.15) is 19.8 Å². The Kier molecular flexibility index (Phi) is 3.83. The summed E-state index contributed by atoms with van der Waals surface area (Å²) in [5.74, 6) is 7.80. The van der Waals surface area contributed by atoms with E-state index >= 15 is 0 Å². The first-order chi connectivity index (χ1) is 9.80. The van der Waals surface area contributed by atoms with Gasteiger partial charge in [-0.25, -0.2) is 5.84 Å². The highest BCUT2D eigenvalue weighted by Crippen LogP contribution is 2.35. The van der Waals surface area contributed by atoms with Crippen LogP contribution in [0.4, 0.5) is 17.8 Å². The Morgan fingerprint density at radius 2 is 2.00 bits per heavy atom. The van der Waals surface area contributed by atoms with Crippen molar-refractivity contribution in [2.45, 2.75) is 25.8 Å². The molecule has 0 radical (unpaired) electrons. The molecule has 1 aromatic heterocycles. The zero-order valence-corrected chi connectivity index (χ0v) is 11.7. The maximum absolute atomic E-state index is 5.44. The number of nitrogens with two attached hydrogens (primary N) is 1. The maximum atomic E-state index is 5.44. The van der Waals surface area contributed by atoms with Crippen LogP contribution in [0, 0.1) is 5.92 Å². The molecule has 20 heavy (non-hydrogen) atoms. The number of nitrogens with zero attached hydrogens (tertiary/aromatic N) is 4. The number of nitrogens with one attached hydrogen (secondary N) is 2. The van der Waals surface area contributed by atoms with Crippen molar-refractivity contribution in [3.8, 4) is 0 Å². The van der Waals surface area contributed by atoms with Gasteiger partial charge in [-0.3, -0.25) is 5.43 Å². The van der Waals surface area contributed by atoms with Crippen molar-refractivity contribution < 1.29 is 4.74 Å². The van der Waals surface area contributed by atoms with Crippen LogP contribution in [0.15, 0.2) is 0 Å². The summed E-state index contributed by atoms with van der Waals surface area (Å²) < 4.78 is 5.34. The average Bonchev–Trinajstić information content (AvgIpc) is 3.26. The van der Waals surface area contributed by atoms with Crippen LogP contribution >= 0.6 is 0 Å². The summed E-state index contributed by atoms with van der Waals surface area (Å²) in [6, 6.07) is 0.477. The minimum Gasteiger partial charge on any atom is -0.378 e. The molecule has 2 atom stereocenters. The van der Waals surface area contributed by atoms with Crippen LogP contribution in [0.5, 0.6) is 0 Å². The highest BCUT2D eigenvalue weighted by molar-refractivity contribution is 5.44. The molecule has 1 saturated carbocycles. The summed E-state index contributed by atoms with van der Waals surface area (Å²) in [6.07, 6.45) is 2.36. The molecule has 2 fully saturated rings. The van der Waals surface area contributed by atoms with Crippen LogP contribution in [0.3, 0.4) is 0 Å². The van der Waals surface area contributed by atoms with Gasteiger partial charge < -0.3 is 15.0 Å². The van der Waals surface area contributed by atoms with Crippen molar-refractivity contribution in [1.29, 1.82) is 0 Å². The van der Waals surface area contributed by atoms with Crippen molar-refractivity contribution >= 4 is 17.8 Å². The van der Waals surface area contributed by atoms with E-state index < -0.39 is 0 Å². The molecule has 110 valence electrons. The predicted octanol–water partition coefficient (Wildman–Crippen LogP) is 0.204. The summed E-state index contributed by atoms with van der Waals surface area (Å²) in [4.78, 5) is 15.2. The summed E-state index contributed by atoms with van der Waals surface area (Å²) in [5.41, 5.74) is 2.51. The lowest BCUT2D eigenvalue weighted by Gasteiger charge is -2.27. The molecule has 1 aliphatic carbocycles. The van der Waals surface area contributed by atoms with Gasteiger partial charge in [-0.1, -0.05) is 13.3 Å². The zero-order chi connectivity index (χ0) is 13.9. The third-order valence-electron chi connectivity index (χ3n) is 3.81. The number of hydrazine groups is 1. The third kappa shape index (κ3) is 2.91. The molecule has 8 heteroatoms. The molecule has 0 bridgehead atoms. The van der Waals surface area contributed by atoms with E-state index in [9.17, 15) is 0 Å². The molecule has 1 aromatic rings. The van der Waals surface area contributed by atoms with Gasteiger partial charge in [0.15, 0.2) is 0 Å². The first kappa shape index (κ1) is 13.3. The summed E-state index contributed by atoms with van der Waals surface area (Å²) in [7, 11) is 0. The molecule has 4 N–H and O–H groups in total. The van der Waals surface area contributed by atoms with E-state index in [4.69, 9.17) is 10.6 Å². The van der Waals surface area contributed by atoms with Gasteiger partial charge in [-0.2, -0.15) is 15.0 Å². The molecule has 1 saturated heterocycles. The molecule has 1 aliphatic heterocycles. The van der Waals surface area contributed by atoms with Crippen LogP contribution in [-0.4, -0.2) is 47.3 Å². The van der Waals surface area contributed by atoms with E-state index in [1.807, 2.05) is 0 Å². The Bertz CT molecular complexity index is 463. The molecule has 2 heterocycles. The predicted molar refractivity (Wildman–Crippen MR) is 76.5 cm³/mol. The van der Waals surface area contributed by atoms with Crippen LogP contribution < -0.4 is 21.5 Å². The lowest BCUT2D eigenvalue weighted by molar-refractivity contribution is 0.122. The Balaban J connectivity index is 1.75. The molecule has 2 unspecified atom stereocenters. The van der Waals surface area contributed by atoms with E-state index in [0.717, 1.165) is 19.0 Å². The average molecular weight is 279 g/mol. The molecule has 0 aromatic carbocycles. The lowest BCUT2D eigenvalue weighted by atomic mass is 10.3. The second-order valence-corrected chi connectivity index (χ2v) is 5.18. The normalized spacial score (nSPS) is 25.4. The maximum Gasteiger partial charge on any atom is 0.243 e. The molecule has 0 amide bonds. The zero-order valence-electron chi connectivity index (χ0n) is 11.7. The fraction of sp³-hybridized carbons (Fsp3) is 0.750. The number of hydrogen-bond donors (Lipinski definition) is 3. The van der Waals surface area contributed by atoms with Gasteiger partial charge >= 0.3 is 0 Å². The summed E-state index contributed by atoms with van der Waals surface area (Å²) >= 11 is 0. The van der Waals surface area contributed by atoms with Crippen LogP contribution in [0.25, 0.3) is 0 Å². The van der Waals surface area contributed by atoms with E-state index in [1.54, 1.807) is 0 Å². The van der Waals surface area contributed by atoms with Crippen molar-refractivity contribution in [2.75, 3.05) is 41.9 Å². The summed E-state index contributed by atoms with van der Waals surface area (Å²) in [6.45, 7) is 5.16. The second kappa shape index (κ2) is 5.76. The van der Waals surface area contributed by atoms with Crippen molar-refractivity contribution in [3.63, 3.8) is 0 Å². The van der Waals surface area contributed by atoms with Crippen LogP contribution in [-0.2, 0) is 4.74 Å². The van der Waals surface area contributed by atoms with E-state index in [1.165, 1.54) is 12.8 Å². The number of hydrogen-bond acceptors (Lipinski definition) is 8. The Labute approximate surface area is 118 Å². The smallest absolute Gasteiger partial charge is 0.243 e. The Hall–Kier alpha value is -1.67. The van der Waals surface area contributed by atoms with Gasteiger partial charge in [-0.15, -0.1) is 0 Å². The molecule has 2 aliphatic rings. The van der Waals surface area contributed by atoms with Crippen molar-refractivity contribution in [3.05, 3.63) is 0 Å². The number of morpholine rings is 1. The van der Waals surface area contributed by atoms with Gasteiger partial charge in [-0.05, 0) is 12.3 Å². The minimum absolute atomic E-state index is 0.387. The number of nitrogen functional groups attached to an aromatic ring is 1. The van der Waals surface area contributed by atoms with Gasteiger partial charge in [0, 0.05) is 19.1 Å². The number of anilines is 3. The Morgan fingerprint density at radius 1 is 1.25 bits per heavy atom. The highest BCUT2D eigenvalue weighted by Gasteiger charge is 2.36. The van der Waals surface area contributed by atoms with Gasteiger partial charge in [0.2, 0.25) is 17.8 Å². The fourth-order valence-electron chi connectivity index (χ4n) is 2.44. The second-order valence-electron chi connectivity index (χ2n) is 5.18. The van der Waals surface area contributed by atoms with Crippen LogP contribution in [0.2, 0.25) is 0 Å². The van der Waals surface area contributed by atoms with E-state index in [0.29, 0.717) is 37.1 Å². The van der Waals surface area contributed by atoms with Gasteiger partial charge in [0.1, 0.15) is 0 Å². The number of aromatic nitrogens is 3. The SMILES string of the molecule is CCC1CC1Nc1nc(NN)nc(N2CCOCC2)n1. The monoisotopic (exact) mass is 279 g/mol. The summed E-state index contributed by atoms with van der Waals surface area (Å²) in [5, 5.41) is 3.36. The van der Waals surface area contributed by atoms with E-state index in [2.05, 4.69) is 37.5 Å². The number of rotatable bonds is 5. The van der Waals surface area contributed by atoms with Gasteiger partial charge in [0.25, 0.3) is 0 Å². The standard InChI is InChI=1S/C12H21N7O/c1-2-8-7-9(8)14-10-15-11(18-13)17-12(16-10)19-3-5-20-6-4-19/h8-9H,2-7,13H2,1H3,(H2,14,15,16,17,18). The first-order valence-electron chi connectivity index (χ1n) is 7.12. The minimum atomic E-state index is 0.387. The van der Waals surface area contributed by atoms with Gasteiger partial charge in [0.05, 0.1) is 13.2 Å². The van der Waals surface area contributed by atoms with Crippen molar-refractivity contribution in [1.82, 2.24) is 15.0 Å². The molecule has 0 spiro atoms. The van der Waals surface area contributed by atoms with E-state index in [-0.39, 0.29) is 0 Å². The Morgan fingerprint density at radius 3 is 2.65 bits per heavy atom. The lowest BCUT2D eigenvalue weighted by Crippen LogP contribution is -2.37. The molecular formula is C12H21N7O. The quantitative estimate of drug-likeness (QED) is 0.519. The molecule has 8 nitrogen and oxygen atoms in total. The fourth-order valence-corrected chi connectivity index (χ4v) is 2.44. The number of ether oxygens (including phenoxy) is 1. The highest BCUT2D eigenvalue weighted by atomic mass is 16.5. The topological polar surface area (TPSA) is 101 Å². The van der Waals surface area contributed by atoms with Crippen molar-refractivity contribution in [2.24, 2.45) is 11.8 Å².